The zero-order valence-electron chi connectivity index (χ0n) is 10.4. The molecule has 0 aliphatic carbocycles. The molecule has 1 aliphatic heterocycles. The van der Waals surface area contributed by atoms with Gasteiger partial charge in [0, 0.05) is 19.6 Å². The summed E-state index contributed by atoms with van der Waals surface area (Å²) in [7, 11) is 0. The molecule has 0 saturated carbocycles. The normalized spacial score (nSPS) is 18.4. The van der Waals surface area contributed by atoms with E-state index in [9.17, 15) is 0 Å². The first-order chi connectivity index (χ1) is 8.29. The lowest BCUT2D eigenvalue weighted by Crippen LogP contribution is -2.32. The Labute approximate surface area is 107 Å². The highest BCUT2D eigenvalue weighted by Gasteiger charge is 2.17. The van der Waals surface area contributed by atoms with E-state index >= 15 is 0 Å². The van der Waals surface area contributed by atoms with Crippen molar-refractivity contribution in [2.45, 2.75) is 19.8 Å². The molecule has 0 aromatic carbocycles. The van der Waals surface area contributed by atoms with Crippen LogP contribution >= 0.6 is 11.3 Å². The van der Waals surface area contributed by atoms with Crippen molar-refractivity contribution in [3.05, 3.63) is 5.01 Å². The van der Waals surface area contributed by atoms with E-state index in [1.807, 2.05) is 6.92 Å². The van der Waals surface area contributed by atoms with Gasteiger partial charge in [0.25, 0.3) is 0 Å². The Morgan fingerprint density at radius 3 is 2.82 bits per heavy atom. The monoisotopic (exact) mass is 255 g/mol. The molecule has 1 aliphatic rings. The maximum atomic E-state index is 5.55. The zero-order valence-corrected chi connectivity index (χ0v) is 11.2. The number of hydrogen-bond donors (Lipinski definition) is 1. The van der Waals surface area contributed by atoms with E-state index in [4.69, 9.17) is 5.73 Å². The van der Waals surface area contributed by atoms with E-state index in [1.165, 1.54) is 13.0 Å². The van der Waals surface area contributed by atoms with Gasteiger partial charge in [0.15, 0.2) is 0 Å². The number of aromatic nitrogens is 2. The molecule has 1 saturated heterocycles. The standard InChI is InChI=1S/C11H21N5S/c1-10-13-14-11(17-10)16-7-3-6-15(8-9-16)5-2-4-12/h2-9,12H2,1H3. The Hall–Kier alpha value is -0.720. The number of anilines is 1. The van der Waals surface area contributed by atoms with Crippen molar-refractivity contribution in [1.29, 1.82) is 0 Å². The molecule has 2 rings (SSSR count). The summed E-state index contributed by atoms with van der Waals surface area (Å²) in [6.07, 6.45) is 2.29. The summed E-state index contributed by atoms with van der Waals surface area (Å²) in [6, 6.07) is 0. The van der Waals surface area contributed by atoms with Crippen LogP contribution in [0.1, 0.15) is 17.8 Å². The number of hydrogen-bond acceptors (Lipinski definition) is 6. The van der Waals surface area contributed by atoms with Gasteiger partial charge in [0.1, 0.15) is 5.01 Å². The minimum absolute atomic E-state index is 0.788. The molecule has 17 heavy (non-hydrogen) atoms. The predicted octanol–water partition coefficient (Wildman–Crippen LogP) is 0.707. The molecule has 0 spiro atoms. The second-order valence-electron chi connectivity index (χ2n) is 4.43. The van der Waals surface area contributed by atoms with Crippen molar-refractivity contribution >= 4 is 16.5 Å². The molecular weight excluding hydrogens is 234 g/mol. The summed E-state index contributed by atoms with van der Waals surface area (Å²) in [4.78, 5) is 4.86. The van der Waals surface area contributed by atoms with Crippen LogP contribution in [0.2, 0.25) is 0 Å². The second kappa shape index (κ2) is 6.28. The highest BCUT2D eigenvalue weighted by molar-refractivity contribution is 7.15. The quantitative estimate of drug-likeness (QED) is 0.858. The molecule has 1 aromatic rings. The lowest BCUT2D eigenvalue weighted by molar-refractivity contribution is 0.291. The predicted molar refractivity (Wildman–Crippen MR) is 71.6 cm³/mol. The van der Waals surface area contributed by atoms with E-state index in [1.54, 1.807) is 11.3 Å². The van der Waals surface area contributed by atoms with Crippen LogP contribution < -0.4 is 10.6 Å². The summed E-state index contributed by atoms with van der Waals surface area (Å²) >= 11 is 1.69. The SMILES string of the molecule is Cc1nnc(N2CCCN(CCCN)CC2)s1. The first kappa shape index (κ1) is 12.7. The number of aryl methyl sites for hydroxylation is 1. The Bertz CT molecular complexity index is 340. The van der Waals surface area contributed by atoms with E-state index in [-0.39, 0.29) is 0 Å². The molecule has 2 N–H and O–H groups in total. The average molecular weight is 255 g/mol. The van der Waals surface area contributed by atoms with E-state index < -0.39 is 0 Å². The van der Waals surface area contributed by atoms with Gasteiger partial charge in [-0.1, -0.05) is 11.3 Å². The lowest BCUT2D eigenvalue weighted by atomic mass is 10.3. The number of nitrogens with two attached hydrogens (primary N) is 1. The number of nitrogens with zero attached hydrogens (tertiary/aromatic N) is 4. The second-order valence-corrected chi connectivity index (χ2v) is 5.59. The molecule has 6 heteroatoms. The molecule has 0 amide bonds. The highest BCUT2D eigenvalue weighted by atomic mass is 32.1. The van der Waals surface area contributed by atoms with Crippen molar-refractivity contribution in [3.63, 3.8) is 0 Å². The van der Waals surface area contributed by atoms with Crippen LogP contribution in [0.15, 0.2) is 0 Å². The molecule has 2 heterocycles. The minimum atomic E-state index is 0.788. The molecule has 96 valence electrons. The van der Waals surface area contributed by atoms with Gasteiger partial charge < -0.3 is 15.5 Å². The fourth-order valence-electron chi connectivity index (χ4n) is 2.11. The van der Waals surface area contributed by atoms with Gasteiger partial charge in [-0.15, -0.1) is 10.2 Å². The summed E-state index contributed by atoms with van der Waals surface area (Å²) in [5.74, 6) is 0. The maximum absolute atomic E-state index is 5.55. The van der Waals surface area contributed by atoms with Gasteiger partial charge in [-0.3, -0.25) is 0 Å². The van der Waals surface area contributed by atoms with Crippen LogP contribution in [0.4, 0.5) is 5.13 Å². The van der Waals surface area contributed by atoms with Gasteiger partial charge >= 0.3 is 0 Å². The average Bonchev–Trinajstić information content (AvgIpc) is 2.63. The first-order valence-electron chi connectivity index (χ1n) is 6.27. The van der Waals surface area contributed by atoms with Gasteiger partial charge in [0.2, 0.25) is 5.13 Å². The Kier molecular flexibility index (Phi) is 4.70. The Balaban J connectivity index is 1.87. The summed E-state index contributed by atoms with van der Waals surface area (Å²) < 4.78 is 0. The van der Waals surface area contributed by atoms with Gasteiger partial charge in [-0.25, -0.2) is 0 Å². The van der Waals surface area contributed by atoms with Crippen molar-refractivity contribution < 1.29 is 0 Å². The van der Waals surface area contributed by atoms with E-state index in [0.717, 1.165) is 49.3 Å². The number of rotatable bonds is 4. The van der Waals surface area contributed by atoms with Gasteiger partial charge in [-0.05, 0) is 39.4 Å². The fourth-order valence-corrected chi connectivity index (χ4v) is 2.85. The summed E-state index contributed by atoms with van der Waals surface area (Å²) in [5, 5.41) is 10.4. The molecule has 0 unspecified atom stereocenters. The van der Waals surface area contributed by atoms with Crippen LogP contribution in [0.25, 0.3) is 0 Å². The van der Waals surface area contributed by atoms with Crippen LogP contribution in [0.3, 0.4) is 0 Å². The Morgan fingerprint density at radius 1 is 1.24 bits per heavy atom. The minimum Gasteiger partial charge on any atom is -0.345 e. The van der Waals surface area contributed by atoms with E-state index in [2.05, 4.69) is 20.0 Å². The molecule has 1 fully saturated rings. The van der Waals surface area contributed by atoms with Crippen LogP contribution in [-0.2, 0) is 0 Å². The third kappa shape index (κ3) is 3.62. The Morgan fingerprint density at radius 2 is 2.12 bits per heavy atom. The summed E-state index contributed by atoms with van der Waals surface area (Å²) in [5.41, 5.74) is 5.55. The van der Waals surface area contributed by atoms with Crippen molar-refractivity contribution in [1.82, 2.24) is 15.1 Å². The van der Waals surface area contributed by atoms with Crippen LogP contribution in [0, 0.1) is 6.92 Å². The fraction of sp³-hybridized carbons (Fsp3) is 0.818. The van der Waals surface area contributed by atoms with E-state index in [0.29, 0.717) is 0 Å². The van der Waals surface area contributed by atoms with Gasteiger partial charge in [0.05, 0.1) is 0 Å². The molecular formula is C11H21N5S. The topological polar surface area (TPSA) is 58.3 Å². The van der Waals surface area contributed by atoms with Crippen molar-refractivity contribution in [2.24, 2.45) is 5.73 Å². The summed E-state index contributed by atoms with van der Waals surface area (Å²) in [6.45, 7) is 8.35. The molecule has 1 aromatic heterocycles. The van der Waals surface area contributed by atoms with Crippen LogP contribution in [-0.4, -0.2) is 54.4 Å². The maximum Gasteiger partial charge on any atom is 0.208 e. The third-order valence-corrected chi connectivity index (χ3v) is 3.95. The molecule has 0 radical (unpaired) electrons. The zero-order chi connectivity index (χ0) is 12.1. The van der Waals surface area contributed by atoms with Gasteiger partial charge in [-0.2, -0.15) is 0 Å². The highest BCUT2D eigenvalue weighted by Crippen LogP contribution is 2.20. The third-order valence-electron chi connectivity index (χ3n) is 3.05. The molecule has 5 nitrogen and oxygen atoms in total. The molecule has 0 bridgehead atoms. The molecule has 0 atom stereocenters. The van der Waals surface area contributed by atoms with Crippen LogP contribution in [0.5, 0.6) is 0 Å². The smallest absolute Gasteiger partial charge is 0.208 e. The largest absolute Gasteiger partial charge is 0.345 e. The first-order valence-corrected chi connectivity index (χ1v) is 7.08. The van der Waals surface area contributed by atoms with Crippen molar-refractivity contribution in [3.8, 4) is 0 Å². The lowest BCUT2D eigenvalue weighted by Gasteiger charge is -2.20. The van der Waals surface area contributed by atoms with Crippen molar-refractivity contribution in [2.75, 3.05) is 44.2 Å².